The van der Waals surface area contributed by atoms with Gasteiger partial charge in [-0.2, -0.15) is 5.10 Å². The second-order valence-electron chi connectivity index (χ2n) is 5.02. The van der Waals surface area contributed by atoms with Crippen LogP contribution in [0.5, 0.6) is 0 Å². The first kappa shape index (κ1) is 22.8. The topological polar surface area (TPSA) is 101 Å². The lowest BCUT2D eigenvalue weighted by molar-refractivity contribution is -0.119. The van der Waals surface area contributed by atoms with Gasteiger partial charge in [-0.05, 0) is 38.2 Å². The molecule has 0 saturated heterocycles. The third-order valence-electron chi connectivity index (χ3n) is 3.25. The normalized spacial score (nSPS) is 10.8. The number of aromatic nitrogens is 3. The van der Waals surface area contributed by atoms with Crippen LogP contribution in [0.15, 0.2) is 36.9 Å². The Morgan fingerprint density at radius 1 is 1.12 bits per heavy atom. The van der Waals surface area contributed by atoms with Crippen molar-refractivity contribution in [2.75, 3.05) is 24.2 Å². The Bertz CT molecular complexity index is 649. The first-order valence-corrected chi connectivity index (χ1v) is 7.29. The smallest absolute Gasteiger partial charge is 0.249 e. The maximum Gasteiger partial charge on any atom is 0.249 e. The molecule has 8 nitrogen and oxygen atoms in total. The second kappa shape index (κ2) is 11.4. The molecular formula is C15H22Cl2N6O2. The van der Waals surface area contributed by atoms with E-state index in [4.69, 9.17) is 0 Å². The summed E-state index contributed by atoms with van der Waals surface area (Å²) in [6, 6.07) is 6.50. The number of benzene rings is 1. The van der Waals surface area contributed by atoms with Gasteiger partial charge in [-0.15, -0.1) is 24.8 Å². The molecule has 0 bridgehead atoms. The molecular weight excluding hydrogens is 367 g/mol. The summed E-state index contributed by atoms with van der Waals surface area (Å²) in [6.07, 6.45) is 3.29. The average molecular weight is 389 g/mol. The van der Waals surface area contributed by atoms with Crippen molar-refractivity contribution in [2.45, 2.75) is 19.4 Å². The first-order valence-electron chi connectivity index (χ1n) is 7.29. The van der Waals surface area contributed by atoms with Crippen molar-refractivity contribution in [3.63, 3.8) is 0 Å². The number of hydrogen-bond acceptors (Lipinski definition) is 5. The Morgan fingerprint density at radius 2 is 1.72 bits per heavy atom. The molecule has 3 N–H and O–H groups in total. The van der Waals surface area contributed by atoms with Gasteiger partial charge in [0.2, 0.25) is 11.8 Å². The van der Waals surface area contributed by atoms with E-state index in [1.165, 1.54) is 17.3 Å². The molecule has 0 fully saturated rings. The van der Waals surface area contributed by atoms with Gasteiger partial charge in [-0.1, -0.05) is 0 Å². The summed E-state index contributed by atoms with van der Waals surface area (Å²) < 4.78 is 1.48. The number of carbonyl (C=O) groups excluding carboxylic acids is 2. The van der Waals surface area contributed by atoms with Gasteiger partial charge < -0.3 is 16.0 Å². The predicted octanol–water partition coefficient (Wildman–Crippen LogP) is 1.87. The predicted molar refractivity (Wildman–Crippen MR) is 101 cm³/mol. The van der Waals surface area contributed by atoms with Crippen LogP contribution in [0.2, 0.25) is 0 Å². The number of anilines is 2. The number of halogens is 2. The molecule has 0 spiro atoms. The van der Waals surface area contributed by atoms with Crippen molar-refractivity contribution in [3.8, 4) is 0 Å². The van der Waals surface area contributed by atoms with E-state index in [0.29, 0.717) is 24.3 Å². The van der Waals surface area contributed by atoms with E-state index in [-0.39, 0.29) is 36.6 Å². The van der Waals surface area contributed by atoms with Crippen molar-refractivity contribution in [1.29, 1.82) is 0 Å². The van der Waals surface area contributed by atoms with Crippen LogP contribution in [-0.2, 0) is 9.59 Å². The first-order chi connectivity index (χ1) is 11.1. The van der Waals surface area contributed by atoms with E-state index in [9.17, 15) is 9.59 Å². The maximum absolute atomic E-state index is 12.1. The lowest BCUT2D eigenvalue weighted by atomic mass is 10.2. The highest BCUT2D eigenvalue weighted by atomic mass is 35.5. The van der Waals surface area contributed by atoms with Gasteiger partial charge in [-0.25, -0.2) is 9.67 Å². The Labute approximate surface area is 158 Å². The minimum absolute atomic E-state index is 0. The molecule has 0 aliphatic heterocycles. The molecule has 0 aliphatic carbocycles. The SMILES string of the molecule is CNCCC(=O)Nc1ccc(NC(=O)C(C)n2cncn2)cc1.Cl.Cl. The monoisotopic (exact) mass is 388 g/mol. The number of carbonyl (C=O) groups is 2. The lowest BCUT2D eigenvalue weighted by Crippen LogP contribution is -2.24. The molecule has 0 aliphatic rings. The lowest BCUT2D eigenvalue weighted by Gasteiger charge is -2.12. The third kappa shape index (κ3) is 7.08. The largest absolute Gasteiger partial charge is 0.326 e. The van der Waals surface area contributed by atoms with E-state index >= 15 is 0 Å². The highest BCUT2D eigenvalue weighted by molar-refractivity contribution is 5.94. The minimum atomic E-state index is -0.460. The van der Waals surface area contributed by atoms with Crippen molar-refractivity contribution in [2.24, 2.45) is 0 Å². The van der Waals surface area contributed by atoms with Gasteiger partial charge in [0.15, 0.2) is 0 Å². The minimum Gasteiger partial charge on any atom is -0.326 e. The number of rotatable bonds is 7. The highest BCUT2D eigenvalue weighted by Crippen LogP contribution is 2.15. The fourth-order valence-corrected chi connectivity index (χ4v) is 1.88. The van der Waals surface area contributed by atoms with Gasteiger partial charge in [0.1, 0.15) is 18.7 Å². The van der Waals surface area contributed by atoms with Crippen LogP contribution in [0, 0.1) is 0 Å². The fraction of sp³-hybridized carbons (Fsp3) is 0.333. The van der Waals surface area contributed by atoms with Crippen LogP contribution in [-0.4, -0.2) is 40.2 Å². The second-order valence-corrected chi connectivity index (χ2v) is 5.02. The summed E-state index contributed by atoms with van der Waals surface area (Å²) in [5, 5.41) is 12.4. The zero-order valence-corrected chi connectivity index (χ0v) is 15.6. The summed E-state index contributed by atoms with van der Waals surface area (Å²) in [6.45, 7) is 2.36. The molecule has 0 radical (unpaired) electrons. The van der Waals surface area contributed by atoms with Crippen LogP contribution >= 0.6 is 24.8 Å². The van der Waals surface area contributed by atoms with Crippen molar-refractivity contribution in [3.05, 3.63) is 36.9 Å². The summed E-state index contributed by atoms with van der Waals surface area (Å²) in [5.41, 5.74) is 1.34. The summed E-state index contributed by atoms with van der Waals surface area (Å²) in [7, 11) is 1.80. The Morgan fingerprint density at radius 3 is 2.24 bits per heavy atom. The number of hydrogen-bond donors (Lipinski definition) is 3. The van der Waals surface area contributed by atoms with Gasteiger partial charge >= 0.3 is 0 Å². The average Bonchev–Trinajstić information content (AvgIpc) is 3.08. The Kier molecular flexibility index (Phi) is 10.4. The summed E-state index contributed by atoms with van der Waals surface area (Å²) >= 11 is 0. The van der Waals surface area contributed by atoms with Crippen molar-refractivity contribution in [1.82, 2.24) is 20.1 Å². The Balaban J connectivity index is 0.00000288. The Hall–Kier alpha value is -2.16. The van der Waals surface area contributed by atoms with Crippen LogP contribution in [0.1, 0.15) is 19.4 Å². The number of nitrogens with zero attached hydrogens (tertiary/aromatic N) is 3. The quantitative estimate of drug-likeness (QED) is 0.671. The van der Waals surface area contributed by atoms with Gasteiger partial charge in [0, 0.05) is 24.3 Å². The van der Waals surface area contributed by atoms with Gasteiger partial charge in [-0.3, -0.25) is 9.59 Å². The summed E-state index contributed by atoms with van der Waals surface area (Å²) in [4.78, 5) is 27.6. The molecule has 2 aromatic rings. The van der Waals surface area contributed by atoms with Crippen molar-refractivity contribution >= 4 is 48.0 Å². The maximum atomic E-state index is 12.1. The standard InChI is InChI=1S/C15H20N6O2.2ClH/c1-11(21-10-17-9-18-21)15(23)20-13-5-3-12(4-6-13)19-14(22)7-8-16-2;;/h3-6,9-11,16H,7-8H2,1-2H3,(H,19,22)(H,20,23);2*1H. The van der Waals surface area contributed by atoms with Crippen LogP contribution in [0.3, 0.4) is 0 Å². The zero-order chi connectivity index (χ0) is 16.7. The molecule has 2 rings (SSSR count). The molecule has 1 aromatic heterocycles. The molecule has 1 unspecified atom stereocenters. The fourth-order valence-electron chi connectivity index (χ4n) is 1.88. The van der Waals surface area contributed by atoms with Crippen LogP contribution < -0.4 is 16.0 Å². The molecule has 1 atom stereocenters. The van der Waals surface area contributed by atoms with Crippen molar-refractivity contribution < 1.29 is 9.59 Å². The van der Waals surface area contributed by atoms with E-state index in [0.717, 1.165) is 0 Å². The molecule has 25 heavy (non-hydrogen) atoms. The third-order valence-corrected chi connectivity index (χ3v) is 3.25. The van der Waals surface area contributed by atoms with Crippen LogP contribution in [0.4, 0.5) is 11.4 Å². The number of nitrogens with one attached hydrogen (secondary N) is 3. The van der Waals surface area contributed by atoms with Crippen LogP contribution in [0.25, 0.3) is 0 Å². The van der Waals surface area contributed by atoms with Gasteiger partial charge in [0.05, 0.1) is 0 Å². The molecule has 138 valence electrons. The van der Waals surface area contributed by atoms with E-state index < -0.39 is 6.04 Å². The number of amides is 2. The van der Waals surface area contributed by atoms with E-state index in [1.54, 1.807) is 38.2 Å². The molecule has 1 aromatic carbocycles. The molecule has 0 saturated carbocycles. The zero-order valence-electron chi connectivity index (χ0n) is 13.9. The van der Waals surface area contributed by atoms with Gasteiger partial charge in [0.25, 0.3) is 0 Å². The molecule has 1 heterocycles. The van der Waals surface area contributed by atoms with E-state index in [2.05, 4.69) is 26.0 Å². The highest BCUT2D eigenvalue weighted by Gasteiger charge is 2.15. The van der Waals surface area contributed by atoms with E-state index in [1.807, 2.05) is 0 Å². The molecule has 2 amide bonds. The molecule has 10 heteroatoms. The summed E-state index contributed by atoms with van der Waals surface area (Å²) in [5.74, 6) is -0.253.